The molecule has 2 atom stereocenters. The van der Waals surface area contributed by atoms with Crippen LogP contribution in [0.25, 0.3) is 0 Å². The van der Waals surface area contributed by atoms with Gasteiger partial charge in [0.05, 0.1) is 6.61 Å². The second-order valence-electron chi connectivity index (χ2n) is 5.14. The molecule has 0 fully saturated rings. The summed E-state index contributed by atoms with van der Waals surface area (Å²) in [6, 6.07) is 9.95. The molecule has 1 aromatic carbocycles. The molecular weight excluding hydrogens is 240 g/mol. The minimum atomic E-state index is -0.956. The Bertz CT molecular complexity index is 358. The van der Waals surface area contributed by atoms with E-state index in [0.717, 1.165) is 12.1 Å². The summed E-state index contributed by atoms with van der Waals surface area (Å²) in [7, 11) is 3.73. The minimum absolute atomic E-state index is 0.226. The summed E-state index contributed by atoms with van der Waals surface area (Å²) in [6.07, 6.45) is 0.609. The van der Waals surface area contributed by atoms with Gasteiger partial charge in [-0.3, -0.25) is 0 Å². The van der Waals surface area contributed by atoms with Crippen LogP contribution in [-0.4, -0.2) is 49.9 Å². The Morgan fingerprint density at radius 1 is 1.37 bits per heavy atom. The zero-order valence-electron chi connectivity index (χ0n) is 12.2. The van der Waals surface area contributed by atoms with E-state index in [1.165, 1.54) is 0 Å². The number of nitrogens with two attached hydrogens (primary N) is 1. The summed E-state index contributed by atoms with van der Waals surface area (Å²) >= 11 is 0. The third-order valence-corrected chi connectivity index (χ3v) is 3.69. The maximum atomic E-state index is 10.7. The average Bonchev–Trinajstić information content (AvgIpc) is 2.45. The molecule has 108 valence electrons. The lowest BCUT2D eigenvalue weighted by Gasteiger charge is -2.31. The van der Waals surface area contributed by atoms with E-state index in [1.807, 2.05) is 37.4 Å². The summed E-state index contributed by atoms with van der Waals surface area (Å²) in [4.78, 5) is 2.17. The number of hydrogen-bond donors (Lipinski definition) is 2. The van der Waals surface area contributed by atoms with Gasteiger partial charge in [0.15, 0.2) is 0 Å². The number of methoxy groups -OCH3 is 1. The van der Waals surface area contributed by atoms with Crippen molar-refractivity contribution < 1.29 is 9.84 Å². The maximum absolute atomic E-state index is 10.7. The number of aliphatic hydroxyl groups is 1. The normalized spacial score (nSPS) is 16.3. The second-order valence-corrected chi connectivity index (χ2v) is 5.14. The molecular formula is C15H26N2O2. The first-order valence-electron chi connectivity index (χ1n) is 6.70. The fourth-order valence-electron chi connectivity index (χ4n) is 2.06. The van der Waals surface area contributed by atoms with Crippen molar-refractivity contribution >= 4 is 0 Å². The zero-order chi connectivity index (χ0) is 14.3. The Morgan fingerprint density at radius 3 is 2.53 bits per heavy atom. The first-order valence-corrected chi connectivity index (χ1v) is 6.70. The molecule has 0 amide bonds. The summed E-state index contributed by atoms with van der Waals surface area (Å²) in [5.41, 5.74) is 5.69. The molecule has 3 N–H and O–H groups in total. The van der Waals surface area contributed by atoms with Crippen molar-refractivity contribution in [1.82, 2.24) is 4.90 Å². The lowest BCUT2D eigenvalue weighted by molar-refractivity contribution is 0.0200. The van der Waals surface area contributed by atoms with E-state index in [0.29, 0.717) is 19.1 Å². The second kappa shape index (κ2) is 7.60. The molecule has 4 heteroatoms. The van der Waals surface area contributed by atoms with E-state index in [2.05, 4.69) is 11.8 Å². The third-order valence-electron chi connectivity index (χ3n) is 3.69. The van der Waals surface area contributed by atoms with E-state index in [-0.39, 0.29) is 6.54 Å². The van der Waals surface area contributed by atoms with Crippen molar-refractivity contribution in [1.29, 1.82) is 0 Å². The maximum Gasteiger partial charge on any atom is 0.103 e. The van der Waals surface area contributed by atoms with Gasteiger partial charge in [0.25, 0.3) is 0 Å². The highest BCUT2D eigenvalue weighted by Gasteiger charge is 2.28. The molecule has 0 saturated heterocycles. The van der Waals surface area contributed by atoms with Crippen molar-refractivity contribution in [3.8, 4) is 0 Å². The molecule has 0 bridgehead atoms. The van der Waals surface area contributed by atoms with E-state index in [1.54, 1.807) is 7.11 Å². The van der Waals surface area contributed by atoms with Crippen LogP contribution >= 0.6 is 0 Å². The van der Waals surface area contributed by atoms with Gasteiger partial charge in [-0.15, -0.1) is 0 Å². The molecule has 0 saturated carbocycles. The molecule has 1 rings (SSSR count). The van der Waals surface area contributed by atoms with Gasteiger partial charge in [0, 0.05) is 26.2 Å². The van der Waals surface area contributed by atoms with Gasteiger partial charge < -0.3 is 20.5 Å². The van der Waals surface area contributed by atoms with Crippen LogP contribution in [0, 0.1) is 0 Å². The predicted molar refractivity (Wildman–Crippen MR) is 78.0 cm³/mol. The fraction of sp³-hybridized carbons (Fsp3) is 0.600. The van der Waals surface area contributed by atoms with Crippen molar-refractivity contribution in [3.05, 3.63) is 35.9 Å². The number of ether oxygens (including phenoxy) is 1. The first kappa shape index (κ1) is 16.1. The number of likely N-dealkylation sites (N-methyl/N-ethyl adjacent to an activating group) is 1. The SMILES string of the molecule is COCC(C)N(C)CCC(O)(CN)c1ccccc1. The molecule has 0 spiro atoms. The summed E-state index contributed by atoms with van der Waals surface area (Å²) < 4.78 is 5.14. The van der Waals surface area contributed by atoms with E-state index in [9.17, 15) is 5.11 Å². The van der Waals surface area contributed by atoms with Crippen LogP contribution in [0.4, 0.5) is 0 Å². The standard InChI is InChI=1S/C15H26N2O2/c1-13(11-19-3)17(2)10-9-15(18,12-16)14-7-5-4-6-8-14/h4-8,13,18H,9-12,16H2,1-3H3. The molecule has 1 aromatic rings. The topological polar surface area (TPSA) is 58.7 Å². The Labute approximate surface area is 116 Å². The van der Waals surface area contributed by atoms with Crippen LogP contribution in [-0.2, 0) is 10.3 Å². The van der Waals surface area contributed by atoms with Crippen LogP contribution in [0.5, 0.6) is 0 Å². The van der Waals surface area contributed by atoms with Gasteiger partial charge in [-0.1, -0.05) is 30.3 Å². The van der Waals surface area contributed by atoms with Crippen molar-refractivity contribution in [2.24, 2.45) is 5.73 Å². The zero-order valence-corrected chi connectivity index (χ0v) is 12.2. The molecule has 0 aliphatic rings. The molecule has 19 heavy (non-hydrogen) atoms. The highest BCUT2D eigenvalue weighted by molar-refractivity contribution is 5.22. The van der Waals surface area contributed by atoms with E-state index < -0.39 is 5.60 Å². The van der Waals surface area contributed by atoms with Crippen molar-refractivity contribution in [2.75, 3.05) is 33.9 Å². The van der Waals surface area contributed by atoms with Gasteiger partial charge in [-0.25, -0.2) is 0 Å². The summed E-state index contributed by atoms with van der Waals surface area (Å²) in [5.74, 6) is 0. The average molecular weight is 266 g/mol. The Hall–Kier alpha value is -0.940. The quantitative estimate of drug-likeness (QED) is 0.742. The molecule has 0 aliphatic carbocycles. The highest BCUT2D eigenvalue weighted by atomic mass is 16.5. The molecule has 0 aromatic heterocycles. The lowest BCUT2D eigenvalue weighted by atomic mass is 9.90. The van der Waals surface area contributed by atoms with Gasteiger partial charge in [0.2, 0.25) is 0 Å². The predicted octanol–water partition coefficient (Wildman–Crippen LogP) is 1.19. The fourth-order valence-corrected chi connectivity index (χ4v) is 2.06. The lowest BCUT2D eigenvalue weighted by Crippen LogP contribution is -2.41. The molecule has 0 radical (unpaired) electrons. The molecule has 2 unspecified atom stereocenters. The van der Waals surface area contributed by atoms with Crippen LogP contribution in [0.2, 0.25) is 0 Å². The summed E-state index contributed by atoms with van der Waals surface area (Å²) in [5, 5.41) is 10.7. The smallest absolute Gasteiger partial charge is 0.103 e. The Balaban J connectivity index is 2.62. The number of hydrogen-bond acceptors (Lipinski definition) is 4. The van der Waals surface area contributed by atoms with Crippen molar-refractivity contribution in [3.63, 3.8) is 0 Å². The highest BCUT2D eigenvalue weighted by Crippen LogP contribution is 2.24. The third kappa shape index (κ3) is 4.58. The number of benzene rings is 1. The Morgan fingerprint density at radius 2 is 2.00 bits per heavy atom. The van der Waals surface area contributed by atoms with E-state index in [4.69, 9.17) is 10.5 Å². The van der Waals surface area contributed by atoms with Crippen LogP contribution < -0.4 is 5.73 Å². The van der Waals surface area contributed by atoms with Crippen LogP contribution in [0.1, 0.15) is 18.9 Å². The van der Waals surface area contributed by atoms with Gasteiger partial charge in [-0.2, -0.15) is 0 Å². The molecule has 0 aliphatic heterocycles. The van der Waals surface area contributed by atoms with Crippen LogP contribution in [0.15, 0.2) is 30.3 Å². The Kier molecular flexibility index (Phi) is 6.45. The minimum Gasteiger partial charge on any atom is -0.384 e. The van der Waals surface area contributed by atoms with Gasteiger partial charge in [0.1, 0.15) is 5.60 Å². The van der Waals surface area contributed by atoms with E-state index >= 15 is 0 Å². The summed E-state index contributed by atoms with van der Waals surface area (Å²) in [6.45, 7) is 3.78. The monoisotopic (exact) mass is 266 g/mol. The van der Waals surface area contributed by atoms with Crippen LogP contribution in [0.3, 0.4) is 0 Å². The first-order chi connectivity index (χ1) is 9.03. The largest absolute Gasteiger partial charge is 0.384 e. The van der Waals surface area contributed by atoms with Gasteiger partial charge >= 0.3 is 0 Å². The molecule has 0 heterocycles. The van der Waals surface area contributed by atoms with Crippen molar-refractivity contribution in [2.45, 2.75) is 25.0 Å². The number of rotatable bonds is 8. The number of nitrogens with zero attached hydrogens (tertiary/aromatic N) is 1. The van der Waals surface area contributed by atoms with Gasteiger partial charge in [-0.05, 0) is 26.0 Å². The molecule has 4 nitrogen and oxygen atoms in total.